The second-order valence-corrected chi connectivity index (χ2v) is 3.74. The number of amides is 2. The van der Waals surface area contributed by atoms with Gasteiger partial charge in [0.1, 0.15) is 0 Å². The van der Waals surface area contributed by atoms with Gasteiger partial charge >= 0.3 is 6.03 Å². The van der Waals surface area contributed by atoms with E-state index in [1.807, 2.05) is 0 Å². The first-order chi connectivity index (χ1) is 5.72. The lowest BCUT2D eigenvalue weighted by Crippen LogP contribution is -2.35. The monoisotopic (exact) mass is 170 g/mol. The molecule has 2 unspecified atom stereocenters. The summed E-state index contributed by atoms with van der Waals surface area (Å²) in [6.45, 7) is 3.11. The van der Waals surface area contributed by atoms with Crippen LogP contribution in [0.3, 0.4) is 0 Å². The van der Waals surface area contributed by atoms with E-state index in [2.05, 4.69) is 17.6 Å². The highest BCUT2D eigenvalue weighted by Crippen LogP contribution is 2.29. The maximum absolute atomic E-state index is 10.8. The maximum atomic E-state index is 10.8. The van der Waals surface area contributed by atoms with E-state index in [0.717, 1.165) is 12.5 Å². The van der Waals surface area contributed by atoms with Crippen LogP contribution in [0.15, 0.2) is 0 Å². The van der Waals surface area contributed by atoms with Gasteiger partial charge < -0.3 is 10.6 Å². The minimum Gasteiger partial charge on any atom is -0.341 e. The number of urea groups is 1. The Labute approximate surface area is 73.9 Å². The fourth-order valence-electron chi connectivity index (χ4n) is 1.84. The summed E-state index contributed by atoms with van der Waals surface area (Å²) in [5, 5.41) is 5.39. The van der Waals surface area contributed by atoms with Gasteiger partial charge in [-0.3, -0.25) is 0 Å². The number of rotatable bonds is 2. The van der Waals surface area contributed by atoms with Crippen molar-refractivity contribution in [3.05, 3.63) is 0 Å². The molecular formula is C9H18N2O. The fraction of sp³-hybridized carbons (Fsp3) is 0.889. The standard InChI is InChI=1S/C9H18N2O/c1-7-3-4-8(5-7)6-11-9(12)10-2/h7-8H,3-6H2,1-2H3,(H2,10,11,12). The summed E-state index contributed by atoms with van der Waals surface area (Å²) in [5.74, 6) is 1.55. The molecule has 3 nitrogen and oxygen atoms in total. The third-order valence-electron chi connectivity index (χ3n) is 2.58. The quantitative estimate of drug-likeness (QED) is 0.645. The van der Waals surface area contributed by atoms with Crippen molar-refractivity contribution in [3.63, 3.8) is 0 Å². The molecule has 70 valence electrons. The Morgan fingerprint density at radius 1 is 1.50 bits per heavy atom. The summed E-state index contributed by atoms with van der Waals surface area (Å²) < 4.78 is 0. The van der Waals surface area contributed by atoms with Crippen LogP contribution < -0.4 is 10.6 Å². The van der Waals surface area contributed by atoms with Crippen molar-refractivity contribution >= 4 is 6.03 Å². The van der Waals surface area contributed by atoms with Crippen molar-refractivity contribution < 1.29 is 4.79 Å². The third-order valence-corrected chi connectivity index (χ3v) is 2.58. The number of carbonyl (C=O) groups excluding carboxylic acids is 1. The fourth-order valence-corrected chi connectivity index (χ4v) is 1.84. The SMILES string of the molecule is CNC(=O)NCC1CCC(C)C1. The van der Waals surface area contributed by atoms with E-state index in [1.54, 1.807) is 7.05 Å². The van der Waals surface area contributed by atoms with Gasteiger partial charge in [0.05, 0.1) is 0 Å². The third kappa shape index (κ3) is 2.72. The number of carbonyl (C=O) groups is 1. The molecule has 0 aromatic rings. The van der Waals surface area contributed by atoms with Gasteiger partial charge in [-0.05, 0) is 24.7 Å². The van der Waals surface area contributed by atoms with Gasteiger partial charge in [-0.2, -0.15) is 0 Å². The second kappa shape index (κ2) is 4.33. The molecule has 0 heterocycles. The molecule has 2 atom stereocenters. The Morgan fingerprint density at radius 3 is 2.75 bits per heavy atom. The number of hydrogen-bond donors (Lipinski definition) is 2. The smallest absolute Gasteiger partial charge is 0.314 e. The average Bonchev–Trinajstić information content (AvgIpc) is 2.47. The van der Waals surface area contributed by atoms with Gasteiger partial charge in [0, 0.05) is 13.6 Å². The zero-order valence-corrected chi connectivity index (χ0v) is 7.89. The van der Waals surface area contributed by atoms with E-state index in [0.29, 0.717) is 5.92 Å². The van der Waals surface area contributed by atoms with Gasteiger partial charge in [-0.1, -0.05) is 13.3 Å². The predicted molar refractivity (Wildman–Crippen MR) is 49.0 cm³/mol. The van der Waals surface area contributed by atoms with E-state index >= 15 is 0 Å². The Morgan fingerprint density at radius 2 is 2.25 bits per heavy atom. The van der Waals surface area contributed by atoms with Crippen molar-refractivity contribution in [2.24, 2.45) is 11.8 Å². The van der Waals surface area contributed by atoms with Crippen LogP contribution in [-0.2, 0) is 0 Å². The number of hydrogen-bond acceptors (Lipinski definition) is 1. The molecule has 0 aliphatic heterocycles. The molecule has 1 rings (SSSR count). The van der Waals surface area contributed by atoms with Crippen molar-refractivity contribution in [3.8, 4) is 0 Å². The summed E-state index contributed by atoms with van der Waals surface area (Å²) in [4.78, 5) is 10.8. The highest BCUT2D eigenvalue weighted by Gasteiger charge is 2.21. The average molecular weight is 170 g/mol. The molecule has 1 fully saturated rings. The Balaban J connectivity index is 2.11. The first-order valence-electron chi connectivity index (χ1n) is 4.68. The molecule has 0 aromatic heterocycles. The van der Waals surface area contributed by atoms with Crippen LogP contribution in [0.25, 0.3) is 0 Å². The minimum atomic E-state index is -0.0606. The van der Waals surface area contributed by atoms with Gasteiger partial charge in [-0.25, -0.2) is 4.79 Å². The first-order valence-corrected chi connectivity index (χ1v) is 4.68. The van der Waals surface area contributed by atoms with E-state index in [-0.39, 0.29) is 6.03 Å². The summed E-state index contributed by atoms with van der Waals surface area (Å²) >= 11 is 0. The zero-order chi connectivity index (χ0) is 8.97. The molecule has 0 radical (unpaired) electrons. The van der Waals surface area contributed by atoms with Crippen molar-refractivity contribution in [1.29, 1.82) is 0 Å². The van der Waals surface area contributed by atoms with Gasteiger partial charge in [0.25, 0.3) is 0 Å². The molecule has 1 saturated carbocycles. The molecule has 2 N–H and O–H groups in total. The molecule has 0 aromatic carbocycles. The summed E-state index contributed by atoms with van der Waals surface area (Å²) in [6, 6.07) is -0.0606. The van der Waals surface area contributed by atoms with Crippen LogP contribution in [0.1, 0.15) is 26.2 Å². The summed E-state index contributed by atoms with van der Waals surface area (Å²) in [7, 11) is 1.65. The Kier molecular flexibility index (Phi) is 3.38. The van der Waals surface area contributed by atoms with Crippen LogP contribution in [0.2, 0.25) is 0 Å². The first kappa shape index (κ1) is 9.36. The minimum absolute atomic E-state index is 0.0606. The van der Waals surface area contributed by atoms with Crippen LogP contribution in [0.5, 0.6) is 0 Å². The molecule has 1 aliphatic rings. The molecule has 0 bridgehead atoms. The van der Waals surface area contributed by atoms with E-state index in [1.165, 1.54) is 19.3 Å². The van der Waals surface area contributed by atoms with Gasteiger partial charge in [0.15, 0.2) is 0 Å². The van der Waals surface area contributed by atoms with Crippen molar-refractivity contribution in [2.75, 3.05) is 13.6 Å². The van der Waals surface area contributed by atoms with E-state index in [4.69, 9.17) is 0 Å². The maximum Gasteiger partial charge on any atom is 0.314 e. The normalized spacial score (nSPS) is 28.5. The van der Waals surface area contributed by atoms with Crippen LogP contribution in [-0.4, -0.2) is 19.6 Å². The lowest BCUT2D eigenvalue weighted by molar-refractivity contribution is 0.241. The van der Waals surface area contributed by atoms with Gasteiger partial charge in [-0.15, -0.1) is 0 Å². The largest absolute Gasteiger partial charge is 0.341 e. The lowest BCUT2D eigenvalue weighted by atomic mass is 10.1. The molecule has 0 saturated heterocycles. The highest BCUT2D eigenvalue weighted by molar-refractivity contribution is 5.73. The predicted octanol–water partition coefficient (Wildman–Crippen LogP) is 1.35. The summed E-state index contributed by atoms with van der Waals surface area (Å²) in [5.41, 5.74) is 0. The van der Waals surface area contributed by atoms with Crippen molar-refractivity contribution in [1.82, 2.24) is 10.6 Å². The van der Waals surface area contributed by atoms with E-state index < -0.39 is 0 Å². The second-order valence-electron chi connectivity index (χ2n) is 3.74. The summed E-state index contributed by atoms with van der Waals surface area (Å²) in [6.07, 6.45) is 3.86. The Hall–Kier alpha value is -0.730. The van der Waals surface area contributed by atoms with Gasteiger partial charge in [0.2, 0.25) is 0 Å². The van der Waals surface area contributed by atoms with Crippen LogP contribution in [0.4, 0.5) is 4.79 Å². The topological polar surface area (TPSA) is 41.1 Å². The lowest BCUT2D eigenvalue weighted by Gasteiger charge is -2.10. The molecule has 1 aliphatic carbocycles. The van der Waals surface area contributed by atoms with Crippen molar-refractivity contribution in [2.45, 2.75) is 26.2 Å². The van der Waals surface area contributed by atoms with E-state index in [9.17, 15) is 4.79 Å². The molecule has 0 spiro atoms. The Bertz CT molecular complexity index is 159. The van der Waals surface area contributed by atoms with Crippen LogP contribution in [0, 0.1) is 11.8 Å². The number of nitrogens with one attached hydrogen (secondary N) is 2. The molecule has 2 amide bonds. The zero-order valence-electron chi connectivity index (χ0n) is 7.89. The molecular weight excluding hydrogens is 152 g/mol. The van der Waals surface area contributed by atoms with Crippen LogP contribution >= 0.6 is 0 Å². The molecule has 12 heavy (non-hydrogen) atoms. The molecule has 3 heteroatoms. The highest BCUT2D eigenvalue weighted by atomic mass is 16.2.